The van der Waals surface area contributed by atoms with Gasteiger partial charge in [-0.15, -0.1) is 11.3 Å². The van der Waals surface area contributed by atoms with Crippen molar-refractivity contribution in [3.05, 3.63) is 53.0 Å². The zero-order valence-electron chi connectivity index (χ0n) is 15.3. The Bertz CT molecular complexity index is 1140. The van der Waals surface area contributed by atoms with Crippen LogP contribution in [-0.2, 0) is 16.4 Å². The normalized spacial score (nSPS) is 13.5. The smallest absolute Gasteiger partial charge is 0.319 e. The maximum absolute atomic E-state index is 12.6. The van der Waals surface area contributed by atoms with Gasteiger partial charge in [0.05, 0.1) is 26.7 Å². The number of hydrogen-bond donors (Lipinski definition) is 2. The summed E-state index contributed by atoms with van der Waals surface area (Å²) in [5, 5.41) is 6.32. The van der Waals surface area contributed by atoms with Crippen LogP contribution in [0.2, 0.25) is 0 Å². The van der Waals surface area contributed by atoms with Gasteiger partial charge in [-0.1, -0.05) is 18.2 Å². The van der Waals surface area contributed by atoms with Crippen molar-refractivity contribution in [3.63, 3.8) is 0 Å². The minimum Gasteiger partial charge on any atom is -0.337 e. The Balaban J connectivity index is 1.33. The predicted octanol–water partition coefficient (Wildman–Crippen LogP) is 3.12. The molecule has 0 saturated heterocycles. The third-order valence-electron chi connectivity index (χ3n) is 4.58. The number of sulfonamides is 1. The molecule has 2 N–H and O–H groups in total. The van der Waals surface area contributed by atoms with E-state index in [-0.39, 0.29) is 12.3 Å². The minimum absolute atomic E-state index is 0.0365. The Kier molecular flexibility index (Phi) is 4.94. The summed E-state index contributed by atoms with van der Waals surface area (Å²) in [4.78, 5) is 16.5. The van der Waals surface area contributed by atoms with E-state index < -0.39 is 16.1 Å². The van der Waals surface area contributed by atoms with Crippen molar-refractivity contribution in [3.8, 4) is 0 Å². The van der Waals surface area contributed by atoms with Crippen LogP contribution in [0, 0.1) is 6.92 Å². The zero-order valence-corrected chi connectivity index (χ0v) is 16.9. The second-order valence-corrected chi connectivity index (χ2v) is 9.81. The molecule has 3 aromatic rings. The number of carbonyl (C=O) groups is 1. The summed E-state index contributed by atoms with van der Waals surface area (Å²) < 4.78 is 27.7. The molecule has 1 aromatic heterocycles. The quantitative estimate of drug-likeness (QED) is 0.669. The van der Waals surface area contributed by atoms with Gasteiger partial charge in [0.25, 0.3) is 0 Å². The third-order valence-corrected chi connectivity index (χ3v) is 7.28. The highest BCUT2D eigenvalue weighted by Crippen LogP contribution is 2.30. The monoisotopic (exact) mass is 416 g/mol. The molecule has 0 bridgehead atoms. The number of hydrogen-bond acceptors (Lipinski definition) is 5. The summed E-state index contributed by atoms with van der Waals surface area (Å²) in [6.45, 7) is 2.42. The lowest BCUT2D eigenvalue weighted by Crippen LogP contribution is -2.38. The molecule has 1 aliphatic heterocycles. The molecule has 146 valence electrons. The number of amides is 2. The molecular weight excluding hydrogens is 396 g/mol. The van der Waals surface area contributed by atoms with Gasteiger partial charge in [-0.2, -0.15) is 0 Å². The highest BCUT2D eigenvalue weighted by molar-refractivity contribution is 7.92. The number of fused-ring (bicyclic) bond motifs is 2. The number of nitrogens with one attached hydrogen (secondary N) is 2. The average molecular weight is 417 g/mol. The third kappa shape index (κ3) is 3.81. The largest absolute Gasteiger partial charge is 0.337 e. The fourth-order valence-corrected chi connectivity index (χ4v) is 5.59. The van der Waals surface area contributed by atoms with Gasteiger partial charge < -0.3 is 10.6 Å². The molecule has 0 spiro atoms. The van der Waals surface area contributed by atoms with Crippen LogP contribution in [0.1, 0.15) is 10.6 Å². The number of anilines is 2. The molecule has 0 fully saturated rings. The highest BCUT2D eigenvalue weighted by Gasteiger charge is 2.28. The molecule has 0 atom stereocenters. The second-order valence-electron chi connectivity index (χ2n) is 6.56. The second kappa shape index (κ2) is 7.40. The van der Waals surface area contributed by atoms with Crippen LogP contribution in [0.25, 0.3) is 10.2 Å². The van der Waals surface area contributed by atoms with E-state index in [1.807, 2.05) is 43.3 Å². The van der Waals surface area contributed by atoms with Gasteiger partial charge in [0, 0.05) is 18.8 Å². The molecule has 7 nitrogen and oxygen atoms in total. The number of urea groups is 1. The zero-order chi connectivity index (χ0) is 19.7. The van der Waals surface area contributed by atoms with Gasteiger partial charge in [-0.05, 0) is 43.2 Å². The summed E-state index contributed by atoms with van der Waals surface area (Å²) in [5.41, 5.74) is 3.31. The summed E-state index contributed by atoms with van der Waals surface area (Å²) in [5.74, 6) is -0.151. The molecule has 0 unspecified atom stereocenters. The molecule has 2 amide bonds. The fraction of sp³-hybridized carbons (Fsp3) is 0.263. The summed E-state index contributed by atoms with van der Waals surface area (Å²) >= 11 is 1.56. The van der Waals surface area contributed by atoms with Gasteiger partial charge in [0.15, 0.2) is 0 Å². The topological polar surface area (TPSA) is 91.4 Å². The first-order valence-corrected chi connectivity index (χ1v) is 11.4. The van der Waals surface area contributed by atoms with Crippen LogP contribution in [0.5, 0.6) is 0 Å². The Morgan fingerprint density at radius 2 is 2.07 bits per heavy atom. The molecule has 4 rings (SSSR count). The first kappa shape index (κ1) is 18.7. The minimum atomic E-state index is -3.48. The summed E-state index contributed by atoms with van der Waals surface area (Å²) in [7, 11) is -3.48. The lowest BCUT2D eigenvalue weighted by atomic mass is 10.2. The van der Waals surface area contributed by atoms with E-state index in [0.29, 0.717) is 18.7 Å². The van der Waals surface area contributed by atoms with E-state index in [0.717, 1.165) is 26.5 Å². The number of carbonyl (C=O) groups excluding carboxylic acids is 1. The first-order chi connectivity index (χ1) is 13.4. The highest BCUT2D eigenvalue weighted by atomic mass is 32.2. The van der Waals surface area contributed by atoms with Crippen LogP contribution in [-0.4, -0.2) is 38.3 Å². The van der Waals surface area contributed by atoms with Crippen molar-refractivity contribution in [2.24, 2.45) is 0 Å². The van der Waals surface area contributed by atoms with Crippen LogP contribution >= 0.6 is 11.3 Å². The number of aryl methyl sites for hydroxylation is 1. The van der Waals surface area contributed by atoms with Crippen LogP contribution in [0.4, 0.5) is 16.2 Å². The number of nitrogens with zero attached hydrogens (tertiary/aromatic N) is 2. The van der Waals surface area contributed by atoms with E-state index in [2.05, 4.69) is 15.6 Å². The lowest BCUT2D eigenvalue weighted by Gasteiger charge is -2.19. The Labute approximate surface area is 167 Å². The number of benzene rings is 2. The molecule has 0 radical (unpaired) electrons. The van der Waals surface area contributed by atoms with E-state index >= 15 is 0 Å². The predicted molar refractivity (Wildman–Crippen MR) is 113 cm³/mol. The van der Waals surface area contributed by atoms with Crippen LogP contribution in [0.3, 0.4) is 0 Å². The number of aromatic nitrogens is 1. The van der Waals surface area contributed by atoms with E-state index in [1.165, 1.54) is 4.31 Å². The SMILES string of the molecule is Cc1nc2ccc(NC(=O)NCCS(=O)(=O)N3CCc4ccccc43)cc2s1. The number of para-hydroxylation sites is 1. The van der Waals surface area contributed by atoms with Gasteiger partial charge in [-0.3, -0.25) is 4.31 Å². The Morgan fingerprint density at radius 1 is 1.25 bits per heavy atom. The molecule has 2 aromatic carbocycles. The van der Waals surface area contributed by atoms with Gasteiger partial charge >= 0.3 is 6.03 Å². The fourth-order valence-electron chi connectivity index (χ4n) is 3.29. The standard InChI is InChI=1S/C19H20N4O3S2/c1-13-21-16-7-6-15(12-18(16)27-13)22-19(24)20-9-11-28(25,26)23-10-8-14-4-2-3-5-17(14)23/h2-7,12H,8-11H2,1H3,(H2,20,22,24). The van der Waals surface area contributed by atoms with Crippen molar-refractivity contribution < 1.29 is 13.2 Å². The van der Waals surface area contributed by atoms with Crippen LogP contribution in [0.15, 0.2) is 42.5 Å². The van der Waals surface area contributed by atoms with Gasteiger partial charge in [0.2, 0.25) is 10.0 Å². The number of thiazole rings is 1. The van der Waals surface area contributed by atoms with Crippen molar-refractivity contribution in [1.29, 1.82) is 0 Å². The maximum atomic E-state index is 12.6. The first-order valence-electron chi connectivity index (χ1n) is 8.93. The maximum Gasteiger partial charge on any atom is 0.319 e. The molecule has 2 heterocycles. The van der Waals surface area contributed by atoms with E-state index in [4.69, 9.17) is 0 Å². The molecule has 28 heavy (non-hydrogen) atoms. The Morgan fingerprint density at radius 3 is 2.93 bits per heavy atom. The van der Waals surface area contributed by atoms with E-state index in [9.17, 15) is 13.2 Å². The van der Waals surface area contributed by atoms with Crippen molar-refractivity contribution in [2.75, 3.05) is 28.5 Å². The molecular formula is C19H20N4O3S2. The van der Waals surface area contributed by atoms with Crippen molar-refractivity contribution >= 4 is 49.0 Å². The summed E-state index contributed by atoms with van der Waals surface area (Å²) in [6.07, 6.45) is 0.711. The van der Waals surface area contributed by atoms with Crippen molar-refractivity contribution in [2.45, 2.75) is 13.3 Å². The molecule has 1 aliphatic rings. The van der Waals surface area contributed by atoms with Gasteiger partial charge in [-0.25, -0.2) is 18.2 Å². The van der Waals surface area contributed by atoms with E-state index in [1.54, 1.807) is 17.4 Å². The van der Waals surface area contributed by atoms with Crippen LogP contribution < -0.4 is 14.9 Å². The summed E-state index contributed by atoms with van der Waals surface area (Å²) in [6, 6.07) is 12.6. The average Bonchev–Trinajstić information content (AvgIpc) is 3.24. The molecule has 0 saturated carbocycles. The Hall–Kier alpha value is -2.65. The lowest BCUT2D eigenvalue weighted by molar-refractivity contribution is 0.252. The van der Waals surface area contributed by atoms with Crippen molar-refractivity contribution in [1.82, 2.24) is 10.3 Å². The van der Waals surface area contributed by atoms with Gasteiger partial charge in [0.1, 0.15) is 0 Å². The molecule has 0 aliphatic carbocycles. The number of rotatable bonds is 5. The molecule has 9 heteroatoms.